The van der Waals surface area contributed by atoms with E-state index in [1.54, 1.807) is 18.2 Å². The first kappa shape index (κ1) is 18.4. The molecule has 0 bridgehead atoms. The lowest BCUT2D eigenvalue weighted by Gasteiger charge is -2.18. The molecule has 1 heterocycles. The van der Waals surface area contributed by atoms with E-state index in [2.05, 4.69) is 27.6 Å². The second-order valence-corrected chi connectivity index (χ2v) is 6.80. The number of fused-ring (bicyclic) bond motifs is 1. The van der Waals surface area contributed by atoms with Crippen molar-refractivity contribution in [2.75, 3.05) is 4.90 Å². The van der Waals surface area contributed by atoms with Crippen LogP contribution in [0.1, 0.15) is 37.4 Å². The smallest absolute Gasteiger partial charge is 0.335 e. The van der Waals surface area contributed by atoms with Gasteiger partial charge in [0.15, 0.2) is 0 Å². The predicted molar refractivity (Wildman–Crippen MR) is 111 cm³/mol. The Kier molecular flexibility index (Phi) is 5.07. The fourth-order valence-corrected chi connectivity index (χ4v) is 3.30. The number of carboxylic acid groups (broad SMARTS) is 1. The summed E-state index contributed by atoms with van der Waals surface area (Å²) in [7, 11) is 0. The Morgan fingerprint density at radius 3 is 2.24 bits per heavy atom. The molecule has 2 N–H and O–H groups in total. The number of aromatic carboxylic acids is 1. The highest BCUT2D eigenvalue weighted by Gasteiger charge is 2.19. The van der Waals surface area contributed by atoms with Gasteiger partial charge in [0.1, 0.15) is 0 Å². The van der Waals surface area contributed by atoms with Crippen LogP contribution in [0.5, 0.6) is 0 Å². The molecule has 0 radical (unpaired) electrons. The maximum atomic E-state index is 12.4. The van der Waals surface area contributed by atoms with Crippen LogP contribution in [0, 0.1) is 0 Å². The van der Waals surface area contributed by atoms with Gasteiger partial charge in [0.05, 0.1) is 11.8 Å². The maximum absolute atomic E-state index is 12.4. The SMILES string of the molecule is O=C(O)c1ccc(/C=N/NC(=O)c2cccc(N3Cc4ccccc4C3)c2)cc1. The van der Waals surface area contributed by atoms with E-state index in [0.29, 0.717) is 11.1 Å². The van der Waals surface area contributed by atoms with Crippen LogP contribution in [0.2, 0.25) is 0 Å². The zero-order chi connectivity index (χ0) is 20.2. The Hall–Kier alpha value is -3.93. The Morgan fingerprint density at radius 2 is 1.59 bits per heavy atom. The van der Waals surface area contributed by atoms with Gasteiger partial charge in [0.2, 0.25) is 0 Å². The normalized spacial score (nSPS) is 12.8. The molecule has 0 aliphatic carbocycles. The van der Waals surface area contributed by atoms with Crippen LogP contribution in [-0.2, 0) is 13.1 Å². The van der Waals surface area contributed by atoms with E-state index in [9.17, 15) is 9.59 Å². The van der Waals surface area contributed by atoms with Gasteiger partial charge in [-0.3, -0.25) is 4.79 Å². The summed E-state index contributed by atoms with van der Waals surface area (Å²) in [6.07, 6.45) is 1.48. The summed E-state index contributed by atoms with van der Waals surface area (Å²) in [5.74, 6) is -1.29. The van der Waals surface area contributed by atoms with E-state index in [4.69, 9.17) is 5.11 Å². The van der Waals surface area contributed by atoms with E-state index >= 15 is 0 Å². The molecule has 144 valence electrons. The van der Waals surface area contributed by atoms with E-state index in [1.165, 1.54) is 29.5 Å². The van der Waals surface area contributed by atoms with Gasteiger partial charge in [-0.15, -0.1) is 0 Å². The fraction of sp³-hybridized carbons (Fsp3) is 0.0870. The highest BCUT2D eigenvalue weighted by atomic mass is 16.4. The second-order valence-electron chi connectivity index (χ2n) is 6.80. The number of nitrogens with zero attached hydrogens (tertiary/aromatic N) is 2. The van der Waals surface area contributed by atoms with E-state index in [1.807, 2.05) is 30.3 Å². The lowest BCUT2D eigenvalue weighted by Crippen LogP contribution is -2.19. The monoisotopic (exact) mass is 385 g/mol. The van der Waals surface area contributed by atoms with E-state index in [0.717, 1.165) is 18.8 Å². The van der Waals surface area contributed by atoms with Crippen molar-refractivity contribution < 1.29 is 14.7 Å². The average Bonchev–Trinajstić information content (AvgIpc) is 3.18. The van der Waals surface area contributed by atoms with Gasteiger partial charge in [0, 0.05) is 24.3 Å². The summed E-state index contributed by atoms with van der Waals surface area (Å²) in [4.78, 5) is 25.5. The molecule has 3 aromatic carbocycles. The summed E-state index contributed by atoms with van der Waals surface area (Å²) in [6.45, 7) is 1.65. The average molecular weight is 385 g/mol. The van der Waals surface area contributed by atoms with Crippen molar-refractivity contribution in [2.45, 2.75) is 13.1 Å². The zero-order valence-corrected chi connectivity index (χ0v) is 15.6. The number of nitrogens with one attached hydrogen (secondary N) is 1. The molecule has 0 saturated carbocycles. The number of carbonyl (C=O) groups is 2. The lowest BCUT2D eigenvalue weighted by atomic mass is 10.1. The molecule has 0 unspecified atom stereocenters. The number of hydrogen-bond acceptors (Lipinski definition) is 4. The van der Waals surface area contributed by atoms with Crippen molar-refractivity contribution in [1.29, 1.82) is 0 Å². The van der Waals surface area contributed by atoms with Crippen molar-refractivity contribution in [3.05, 3.63) is 101 Å². The highest BCUT2D eigenvalue weighted by Crippen LogP contribution is 2.28. The summed E-state index contributed by atoms with van der Waals surface area (Å²) < 4.78 is 0. The van der Waals surface area contributed by atoms with Crippen LogP contribution in [0.15, 0.2) is 77.9 Å². The highest BCUT2D eigenvalue weighted by molar-refractivity contribution is 5.96. The number of benzene rings is 3. The molecule has 1 amide bonds. The van der Waals surface area contributed by atoms with Gasteiger partial charge in [-0.1, -0.05) is 42.5 Å². The van der Waals surface area contributed by atoms with Crippen LogP contribution < -0.4 is 10.3 Å². The second kappa shape index (κ2) is 7.98. The van der Waals surface area contributed by atoms with Crippen molar-refractivity contribution >= 4 is 23.8 Å². The van der Waals surface area contributed by atoms with Crippen LogP contribution in [0.3, 0.4) is 0 Å². The largest absolute Gasteiger partial charge is 0.478 e. The Balaban J connectivity index is 1.41. The summed E-state index contributed by atoms with van der Waals surface area (Å²) in [5.41, 5.74) is 7.54. The van der Waals surface area contributed by atoms with Crippen LogP contribution in [-0.4, -0.2) is 23.2 Å². The van der Waals surface area contributed by atoms with Crippen LogP contribution in [0.25, 0.3) is 0 Å². The lowest BCUT2D eigenvalue weighted by molar-refractivity contribution is 0.0696. The molecule has 6 nitrogen and oxygen atoms in total. The first-order chi connectivity index (χ1) is 14.1. The number of carbonyl (C=O) groups excluding carboxylic acids is 1. The minimum atomic E-state index is -0.984. The topological polar surface area (TPSA) is 82.0 Å². The number of anilines is 1. The molecule has 1 aliphatic rings. The molecule has 0 fully saturated rings. The quantitative estimate of drug-likeness (QED) is 0.519. The minimum absolute atomic E-state index is 0.201. The Bertz CT molecular complexity index is 1070. The number of amides is 1. The number of hydrogen-bond donors (Lipinski definition) is 2. The molecule has 0 saturated heterocycles. The first-order valence-corrected chi connectivity index (χ1v) is 9.19. The maximum Gasteiger partial charge on any atom is 0.335 e. The third-order valence-electron chi connectivity index (χ3n) is 4.85. The van der Waals surface area contributed by atoms with Gasteiger partial charge in [-0.05, 0) is 47.0 Å². The van der Waals surface area contributed by atoms with Crippen LogP contribution in [0.4, 0.5) is 5.69 Å². The summed E-state index contributed by atoms with van der Waals surface area (Å²) >= 11 is 0. The minimum Gasteiger partial charge on any atom is -0.478 e. The third kappa shape index (κ3) is 4.16. The Labute approximate surface area is 168 Å². The van der Waals surface area contributed by atoms with Gasteiger partial charge in [0.25, 0.3) is 5.91 Å². The standard InChI is InChI=1S/C23H19N3O3/c27-22(25-24-13-16-8-10-17(11-9-16)23(28)29)18-6-3-7-21(12-18)26-14-19-4-1-2-5-20(19)15-26/h1-13H,14-15H2,(H,25,27)(H,28,29)/b24-13+. The van der Waals surface area contributed by atoms with E-state index in [-0.39, 0.29) is 11.5 Å². The molecular formula is C23H19N3O3. The molecule has 1 aliphatic heterocycles. The van der Waals surface area contributed by atoms with Gasteiger partial charge in [-0.25, -0.2) is 10.2 Å². The van der Waals surface area contributed by atoms with Gasteiger partial charge < -0.3 is 10.0 Å². The summed E-state index contributed by atoms with van der Waals surface area (Å²) in [6, 6.07) is 22.0. The van der Waals surface area contributed by atoms with Crippen molar-refractivity contribution in [1.82, 2.24) is 5.43 Å². The molecule has 6 heteroatoms. The molecule has 0 spiro atoms. The third-order valence-corrected chi connectivity index (χ3v) is 4.85. The van der Waals surface area contributed by atoms with Crippen LogP contribution >= 0.6 is 0 Å². The van der Waals surface area contributed by atoms with Gasteiger partial charge >= 0.3 is 5.97 Å². The van der Waals surface area contributed by atoms with Gasteiger partial charge in [-0.2, -0.15) is 5.10 Å². The molecular weight excluding hydrogens is 366 g/mol. The predicted octanol–water partition coefficient (Wildman–Crippen LogP) is 3.67. The molecule has 3 aromatic rings. The van der Waals surface area contributed by atoms with E-state index < -0.39 is 5.97 Å². The molecule has 0 aromatic heterocycles. The molecule has 4 rings (SSSR count). The summed E-state index contributed by atoms with van der Waals surface area (Å²) in [5, 5.41) is 12.9. The number of rotatable bonds is 5. The first-order valence-electron chi connectivity index (χ1n) is 9.19. The van der Waals surface area contributed by atoms with Crippen molar-refractivity contribution in [3.8, 4) is 0 Å². The number of hydrazone groups is 1. The number of carboxylic acids is 1. The molecule has 29 heavy (non-hydrogen) atoms. The fourth-order valence-electron chi connectivity index (χ4n) is 3.30. The van der Waals surface area contributed by atoms with Crippen molar-refractivity contribution in [2.24, 2.45) is 5.10 Å². The van der Waals surface area contributed by atoms with Crippen molar-refractivity contribution in [3.63, 3.8) is 0 Å². The zero-order valence-electron chi connectivity index (χ0n) is 15.6. The molecule has 0 atom stereocenters. The Morgan fingerprint density at radius 1 is 0.897 bits per heavy atom.